The number of pyridine rings is 1. The first-order valence-electron chi connectivity index (χ1n) is 2.70. The molecule has 0 aromatic carbocycles. The Morgan fingerprint density at radius 1 is 1.70 bits per heavy atom. The van der Waals surface area contributed by atoms with Crippen molar-refractivity contribution in [3.05, 3.63) is 22.4 Å². The van der Waals surface area contributed by atoms with Crippen LogP contribution in [0.15, 0.2) is 16.7 Å². The van der Waals surface area contributed by atoms with Crippen LogP contribution >= 0.6 is 27.5 Å². The number of hydrogen-bond acceptors (Lipinski definition) is 2. The average molecular weight is 221 g/mol. The molecule has 2 N–H and O–H groups in total. The molecule has 0 atom stereocenters. The number of nitrogen functional groups attached to an aromatic ring is 1. The molecule has 0 aliphatic carbocycles. The summed E-state index contributed by atoms with van der Waals surface area (Å²) in [6.07, 6.45) is 1.67. The third-order valence-electron chi connectivity index (χ3n) is 1.10. The molecule has 0 aliphatic heterocycles. The lowest BCUT2D eigenvalue weighted by Gasteiger charge is -1.99. The van der Waals surface area contributed by atoms with E-state index in [2.05, 4.69) is 20.9 Å². The Kier molecular flexibility index (Phi) is 2.51. The average Bonchev–Trinajstić information content (AvgIpc) is 1.88. The SMILES string of the molecule is Nc1cc(Br)cnc1CCl. The second-order valence-electron chi connectivity index (χ2n) is 1.82. The molecule has 4 heteroatoms. The van der Waals surface area contributed by atoms with Gasteiger partial charge in [0, 0.05) is 10.7 Å². The molecule has 1 aromatic heterocycles. The molecule has 0 saturated carbocycles. The minimum Gasteiger partial charge on any atom is -0.397 e. The Morgan fingerprint density at radius 3 is 2.90 bits per heavy atom. The maximum Gasteiger partial charge on any atom is 0.0780 e. The van der Waals surface area contributed by atoms with Gasteiger partial charge in [0.2, 0.25) is 0 Å². The quantitative estimate of drug-likeness (QED) is 0.738. The molecule has 0 spiro atoms. The van der Waals surface area contributed by atoms with Crippen LogP contribution < -0.4 is 5.73 Å². The highest BCUT2D eigenvalue weighted by molar-refractivity contribution is 9.10. The summed E-state index contributed by atoms with van der Waals surface area (Å²) in [7, 11) is 0. The first kappa shape index (κ1) is 7.82. The van der Waals surface area contributed by atoms with Crippen molar-refractivity contribution >= 4 is 33.2 Å². The highest BCUT2D eigenvalue weighted by Gasteiger charge is 1.97. The molecule has 0 bridgehead atoms. The van der Waals surface area contributed by atoms with Gasteiger partial charge in [-0.05, 0) is 22.0 Å². The number of aromatic nitrogens is 1. The van der Waals surface area contributed by atoms with Gasteiger partial charge in [0.25, 0.3) is 0 Å². The number of hydrogen-bond donors (Lipinski definition) is 1. The second kappa shape index (κ2) is 3.21. The molecule has 0 fully saturated rings. The summed E-state index contributed by atoms with van der Waals surface area (Å²) in [5, 5.41) is 0. The number of nitrogens with zero attached hydrogens (tertiary/aromatic N) is 1. The summed E-state index contributed by atoms with van der Waals surface area (Å²) >= 11 is 8.77. The fourth-order valence-corrected chi connectivity index (χ4v) is 1.17. The molecule has 0 unspecified atom stereocenters. The van der Waals surface area contributed by atoms with Crippen LogP contribution in [0.3, 0.4) is 0 Å². The van der Waals surface area contributed by atoms with Crippen LogP contribution in [-0.2, 0) is 5.88 Å². The summed E-state index contributed by atoms with van der Waals surface area (Å²) in [6, 6.07) is 1.78. The summed E-state index contributed by atoms with van der Waals surface area (Å²) in [4.78, 5) is 3.99. The molecule has 54 valence electrons. The molecule has 1 aromatic rings. The maximum atomic E-state index is 5.55. The van der Waals surface area contributed by atoms with Crippen LogP contribution in [0.25, 0.3) is 0 Å². The smallest absolute Gasteiger partial charge is 0.0780 e. The monoisotopic (exact) mass is 220 g/mol. The lowest BCUT2D eigenvalue weighted by molar-refractivity contribution is 1.17. The molecule has 0 aliphatic rings. The van der Waals surface area contributed by atoms with Gasteiger partial charge in [0.1, 0.15) is 0 Å². The molecular weight excluding hydrogens is 215 g/mol. The normalized spacial score (nSPS) is 9.80. The van der Waals surface area contributed by atoms with Gasteiger partial charge in [-0.2, -0.15) is 0 Å². The van der Waals surface area contributed by atoms with Gasteiger partial charge in [-0.1, -0.05) is 0 Å². The van der Waals surface area contributed by atoms with Gasteiger partial charge in [0.15, 0.2) is 0 Å². The van der Waals surface area contributed by atoms with Crippen molar-refractivity contribution in [2.24, 2.45) is 0 Å². The third-order valence-corrected chi connectivity index (χ3v) is 1.78. The van der Waals surface area contributed by atoms with Crippen molar-refractivity contribution in [2.75, 3.05) is 5.73 Å². The van der Waals surface area contributed by atoms with E-state index in [4.69, 9.17) is 17.3 Å². The van der Waals surface area contributed by atoms with E-state index >= 15 is 0 Å². The van der Waals surface area contributed by atoms with Crippen molar-refractivity contribution in [1.29, 1.82) is 0 Å². The first-order valence-corrected chi connectivity index (χ1v) is 4.02. The molecule has 1 heterocycles. The van der Waals surface area contributed by atoms with Crippen molar-refractivity contribution in [3.63, 3.8) is 0 Å². The summed E-state index contributed by atoms with van der Waals surface area (Å²) in [5.41, 5.74) is 6.91. The van der Waals surface area contributed by atoms with Crippen molar-refractivity contribution in [2.45, 2.75) is 5.88 Å². The minimum absolute atomic E-state index is 0.360. The number of anilines is 1. The maximum absolute atomic E-state index is 5.55. The standard InChI is InChI=1S/C6H6BrClN2/c7-4-1-5(9)6(2-8)10-3-4/h1,3H,2,9H2. The van der Waals surface area contributed by atoms with E-state index in [9.17, 15) is 0 Å². The number of halogens is 2. The first-order chi connectivity index (χ1) is 4.74. The highest BCUT2D eigenvalue weighted by Crippen LogP contribution is 2.16. The van der Waals surface area contributed by atoms with Gasteiger partial charge >= 0.3 is 0 Å². The van der Waals surface area contributed by atoms with E-state index < -0.39 is 0 Å². The van der Waals surface area contributed by atoms with Crippen LogP contribution in [0.5, 0.6) is 0 Å². The van der Waals surface area contributed by atoms with E-state index in [0.717, 1.165) is 10.2 Å². The van der Waals surface area contributed by atoms with Gasteiger partial charge < -0.3 is 5.73 Å². The van der Waals surface area contributed by atoms with E-state index in [0.29, 0.717) is 11.6 Å². The predicted molar refractivity (Wildman–Crippen MR) is 45.9 cm³/mol. The Bertz CT molecular complexity index is 239. The minimum atomic E-state index is 0.360. The highest BCUT2D eigenvalue weighted by atomic mass is 79.9. The van der Waals surface area contributed by atoms with Crippen LogP contribution in [-0.4, -0.2) is 4.98 Å². The Hall–Kier alpha value is -0.280. The fraction of sp³-hybridized carbons (Fsp3) is 0.167. The van der Waals surface area contributed by atoms with E-state index in [1.54, 1.807) is 12.3 Å². The molecular formula is C6H6BrClN2. The zero-order chi connectivity index (χ0) is 7.56. The topological polar surface area (TPSA) is 38.9 Å². The molecule has 0 amide bonds. The Labute approximate surface area is 72.5 Å². The second-order valence-corrected chi connectivity index (χ2v) is 3.01. The van der Waals surface area contributed by atoms with Crippen LogP contribution in [0.2, 0.25) is 0 Å². The molecule has 2 nitrogen and oxygen atoms in total. The van der Waals surface area contributed by atoms with Crippen molar-refractivity contribution in [1.82, 2.24) is 4.98 Å². The summed E-state index contributed by atoms with van der Waals surface area (Å²) in [6.45, 7) is 0. The molecule has 10 heavy (non-hydrogen) atoms. The predicted octanol–water partition coefficient (Wildman–Crippen LogP) is 2.17. The van der Waals surface area contributed by atoms with Crippen LogP contribution in [0.4, 0.5) is 5.69 Å². The molecule has 0 radical (unpaired) electrons. The van der Waals surface area contributed by atoms with Crippen LogP contribution in [0.1, 0.15) is 5.69 Å². The zero-order valence-corrected chi connectivity index (χ0v) is 7.48. The summed E-state index contributed by atoms with van der Waals surface area (Å²) in [5.74, 6) is 0.360. The molecule has 0 saturated heterocycles. The van der Waals surface area contributed by atoms with Gasteiger partial charge in [-0.15, -0.1) is 11.6 Å². The van der Waals surface area contributed by atoms with E-state index in [1.807, 2.05) is 0 Å². The van der Waals surface area contributed by atoms with Gasteiger partial charge in [0.05, 0.1) is 17.3 Å². The lowest BCUT2D eigenvalue weighted by atomic mass is 10.3. The Morgan fingerprint density at radius 2 is 2.40 bits per heavy atom. The Balaban J connectivity index is 3.07. The van der Waals surface area contributed by atoms with E-state index in [-0.39, 0.29) is 0 Å². The van der Waals surface area contributed by atoms with Crippen LogP contribution in [0, 0.1) is 0 Å². The van der Waals surface area contributed by atoms with E-state index in [1.165, 1.54) is 0 Å². The van der Waals surface area contributed by atoms with Crippen molar-refractivity contribution in [3.8, 4) is 0 Å². The largest absolute Gasteiger partial charge is 0.397 e. The van der Waals surface area contributed by atoms with Crippen molar-refractivity contribution < 1.29 is 0 Å². The summed E-state index contributed by atoms with van der Waals surface area (Å²) < 4.78 is 0.874. The number of rotatable bonds is 1. The zero-order valence-electron chi connectivity index (χ0n) is 5.14. The van der Waals surface area contributed by atoms with Gasteiger partial charge in [-0.3, -0.25) is 4.98 Å². The lowest BCUT2D eigenvalue weighted by Crippen LogP contribution is -1.94. The fourth-order valence-electron chi connectivity index (χ4n) is 0.595. The van der Waals surface area contributed by atoms with Gasteiger partial charge in [-0.25, -0.2) is 0 Å². The third kappa shape index (κ3) is 1.61. The number of nitrogens with two attached hydrogens (primary N) is 1. The molecule has 1 rings (SSSR count). The number of alkyl halides is 1.